The maximum absolute atomic E-state index is 4.31. The Morgan fingerprint density at radius 2 is 2.47 bits per heavy atom. The van der Waals surface area contributed by atoms with Gasteiger partial charge >= 0.3 is 0 Å². The van der Waals surface area contributed by atoms with Gasteiger partial charge in [-0.1, -0.05) is 11.4 Å². The van der Waals surface area contributed by atoms with Crippen molar-refractivity contribution in [3.05, 3.63) is 27.7 Å². The molecule has 0 aliphatic carbocycles. The first-order valence-electron chi connectivity index (χ1n) is 4.79. The number of thiazole rings is 1. The van der Waals surface area contributed by atoms with Gasteiger partial charge in [0.1, 0.15) is 5.01 Å². The molecule has 0 bridgehead atoms. The van der Waals surface area contributed by atoms with Gasteiger partial charge in [-0.2, -0.15) is 0 Å². The largest absolute Gasteiger partial charge is 0.302 e. The van der Waals surface area contributed by atoms with E-state index in [2.05, 4.69) is 26.8 Å². The van der Waals surface area contributed by atoms with Gasteiger partial charge in [-0.25, -0.2) is 4.98 Å². The Morgan fingerprint density at radius 1 is 1.53 bits per heavy atom. The second-order valence-corrected chi connectivity index (χ2v) is 4.64. The molecule has 0 saturated heterocycles. The summed E-state index contributed by atoms with van der Waals surface area (Å²) in [7, 11) is 0. The van der Waals surface area contributed by atoms with Crippen LogP contribution in [0.5, 0.6) is 0 Å². The fraction of sp³-hybridized carbons (Fsp3) is 0.444. The topological polar surface area (TPSA) is 50.7 Å². The quantitative estimate of drug-likeness (QED) is 0.870. The van der Waals surface area contributed by atoms with Gasteiger partial charge in [0.25, 0.3) is 0 Å². The Balaban J connectivity index is 1.92. The first-order chi connectivity index (χ1) is 7.40. The lowest BCUT2D eigenvalue weighted by atomic mass is 10.2. The molecule has 1 atom stereocenters. The number of nitrogens with zero attached hydrogens (tertiary/aromatic N) is 3. The number of aromatic nitrogens is 3. The molecule has 1 N–H and O–H groups in total. The molecular formula is C9H12N4S2. The lowest BCUT2D eigenvalue weighted by Gasteiger charge is -2.12. The number of hydrogen-bond acceptors (Lipinski definition) is 6. The van der Waals surface area contributed by atoms with Crippen molar-refractivity contribution in [2.75, 3.05) is 0 Å². The minimum Gasteiger partial charge on any atom is -0.302 e. The van der Waals surface area contributed by atoms with Gasteiger partial charge in [-0.15, -0.1) is 16.4 Å². The zero-order valence-electron chi connectivity index (χ0n) is 8.38. The summed E-state index contributed by atoms with van der Waals surface area (Å²) in [5, 5.41) is 12.5. The molecular weight excluding hydrogens is 228 g/mol. The molecule has 0 aliphatic heterocycles. The van der Waals surface area contributed by atoms with Crippen LogP contribution in [0, 0.1) is 0 Å². The summed E-state index contributed by atoms with van der Waals surface area (Å²) in [6.45, 7) is 2.91. The van der Waals surface area contributed by atoms with Crippen LogP contribution in [0.2, 0.25) is 0 Å². The number of rotatable bonds is 5. The molecule has 80 valence electrons. The van der Waals surface area contributed by atoms with Crippen molar-refractivity contribution in [2.45, 2.75) is 25.9 Å². The van der Waals surface area contributed by atoms with Crippen molar-refractivity contribution in [1.29, 1.82) is 0 Å². The van der Waals surface area contributed by atoms with Crippen LogP contribution in [-0.2, 0) is 6.54 Å². The van der Waals surface area contributed by atoms with E-state index in [0.717, 1.165) is 23.7 Å². The van der Waals surface area contributed by atoms with Crippen LogP contribution in [0.1, 0.15) is 30.1 Å². The van der Waals surface area contributed by atoms with Crippen LogP contribution in [0.3, 0.4) is 0 Å². The monoisotopic (exact) mass is 240 g/mol. The van der Waals surface area contributed by atoms with Crippen molar-refractivity contribution in [3.63, 3.8) is 0 Å². The highest BCUT2D eigenvalue weighted by Crippen LogP contribution is 2.18. The van der Waals surface area contributed by atoms with E-state index in [1.165, 1.54) is 11.5 Å². The lowest BCUT2D eigenvalue weighted by Crippen LogP contribution is -2.20. The van der Waals surface area contributed by atoms with Gasteiger partial charge < -0.3 is 5.32 Å². The van der Waals surface area contributed by atoms with E-state index in [9.17, 15) is 0 Å². The van der Waals surface area contributed by atoms with Crippen LogP contribution in [0.4, 0.5) is 0 Å². The standard InChI is InChI=1S/C9H12N4S2/c1-2-8(9-10-3-4-14-9)11-5-7-6-15-13-12-7/h3-4,6,8,11H,2,5H2,1H3. The third kappa shape index (κ3) is 2.80. The summed E-state index contributed by atoms with van der Waals surface area (Å²) in [6, 6.07) is 0.326. The predicted molar refractivity (Wildman–Crippen MR) is 61.9 cm³/mol. The third-order valence-corrected chi connectivity index (χ3v) is 3.54. The number of hydrogen-bond donors (Lipinski definition) is 1. The normalized spacial score (nSPS) is 12.9. The Bertz CT molecular complexity index is 371. The van der Waals surface area contributed by atoms with Crippen molar-refractivity contribution < 1.29 is 0 Å². The molecule has 0 aliphatic rings. The first-order valence-corrected chi connectivity index (χ1v) is 6.50. The SMILES string of the molecule is CCC(NCc1csnn1)c1nccs1. The fourth-order valence-corrected chi connectivity index (χ4v) is 2.55. The summed E-state index contributed by atoms with van der Waals surface area (Å²) in [4.78, 5) is 4.31. The highest BCUT2D eigenvalue weighted by atomic mass is 32.1. The van der Waals surface area contributed by atoms with E-state index >= 15 is 0 Å². The molecule has 1 unspecified atom stereocenters. The van der Waals surface area contributed by atoms with Gasteiger partial charge in [-0.3, -0.25) is 0 Å². The van der Waals surface area contributed by atoms with Crippen LogP contribution in [-0.4, -0.2) is 14.6 Å². The Kier molecular flexibility index (Phi) is 3.76. The summed E-state index contributed by atoms with van der Waals surface area (Å²) in [5.41, 5.74) is 0.995. The van der Waals surface area contributed by atoms with Crippen molar-refractivity contribution in [2.24, 2.45) is 0 Å². The zero-order chi connectivity index (χ0) is 10.5. The average molecular weight is 240 g/mol. The first kappa shape index (κ1) is 10.7. The van der Waals surface area contributed by atoms with Crippen LogP contribution >= 0.6 is 22.9 Å². The molecule has 2 aromatic heterocycles. The second-order valence-electron chi connectivity index (χ2n) is 3.11. The summed E-state index contributed by atoms with van der Waals surface area (Å²) in [6.07, 6.45) is 2.87. The minimum absolute atomic E-state index is 0.326. The molecule has 0 radical (unpaired) electrons. The minimum atomic E-state index is 0.326. The summed E-state index contributed by atoms with van der Waals surface area (Å²) >= 11 is 3.07. The van der Waals surface area contributed by atoms with E-state index < -0.39 is 0 Å². The molecule has 4 nitrogen and oxygen atoms in total. The molecule has 2 heterocycles. The van der Waals surface area contributed by atoms with Gasteiger partial charge in [-0.05, 0) is 18.0 Å². The molecule has 6 heteroatoms. The molecule has 0 saturated carbocycles. The fourth-order valence-electron chi connectivity index (χ4n) is 1.30. The average Bonchev–Trinajstić information content (AvgIpc) is 2.90. The third-order valence-electron chi connectivity index (χ3n) is 2.09. The Morgan fingerprint density at radius 3 is 3.07 bits per heavy atom. The Labute approximate surface area is 96.5 Å². The second kappa shape index (κ2) is 5.29. The van der Waals surface area contributed by atoms with E-state index in [4.69, 9.17) is 0 Å². The maximum atomic E-state index is 4.31. The van der Waals surface area contributed by atoms with Crippen LogP contribution in [0.25, 0.3) is 0 Å². The van der Waals surface area contributed by atoms with E-state index in [1.54, 1.807) is 11.3 Å². The van der Waals surface area contributed by atoms with Crippen molar-refractivity contribution in [3.8, 4) is 0 Å². The van der Waals surface area contributed by atoms with Gasteiger partial charge in [0.2, 0.25) is 0 Å². The lowest BCUT2D eigenvalue weighted by molar-refractivity contribution is 0.511. The molecule has 0 amide bonds. The highest BCUT2D eigenvalue weighted by molar-refractivity contribution is 7.09. The van der Waals surface area contributed by atoms with E-state index in [1.807, 2.05) is 17.0 Å². The van der Waals surface area contributed by atoms with Gasteiger partial charge in [0.15, 0.2) is 0 Å². The van der Waals surface area contributed by atoms with E-state index in [-0.39, 0.29) is 0 Å². The molecule has 0 spiro atoms. The summed E-state index contributed by atoms with van der Waals surface area (Å²) in [5.74, 6) is 0. The predicted octanol–water partition coefficient (Wildman–Crippen LogP) is 2.24. The highest BCUT2D eigenvalue weighted by Gasteiger charge is 2.11. The summed E-state index contributed by atoms with van der Waals surface area (Å²) < 4.78 is 3.83. The molecule has 2 aromatic rings. The van der Waals surface area contributed by atoms with Crippen molar-refractivity contribution in [1.82, 2.24) is 19.9 Å². The van der Waals surface area contributed by atoms with Gasteiger partial charge in [0, 0.05) is 23.5 Å². The zero-order valence-corrected chi connectivity index (χ0v) is 10.0. The molecule has 0 aromatic carbocycles. The molecule has 2 rings (SSSR count). The maximum Gasteiger partial charge on any atom is 0.109 e. The van der Waals surface area contributed by atoms with Crippen molar-refractivity contribution >= 4 is 22.9 Å². The molecule has 15 heavy (non-hydrogen) atoms. The number of nitrogens with one attached hydrogen (secondary N) is 1. The Hall–Kier alpha value is -0.850. The smallest absolute Gasteiger partial charge is 0.109 e. The van der Waals surface area contributed by atoms with Crippen LogP contribution in [0.15, 0.2) is 17.0 Å². The van der Waals surface area contributed by atoms with Gasteiger partial charge in [0.05, 0.1) is 11.7 Å². The van der Waals surface area contributed by atoms with E-state index in [0.29, 0.717) is 6.04 Å². The van der Waals surface area contributed by atoms with Crippen LogP contribution < -0.4 is 5.32 Å². The molecule has 0 fully saturated rings.